The summed E-state index contributed by atoms with van der Waals surface area (Å²) in [4.78, 5) is 0. The van der Waals surface area contributed by atoms with Crippen LogP contribution in [0.5, 0.6) is 0 Å². The molecule has 0 saturated carbocycles. The van der Waals surface area contributed by atoms with Crippen LogP contribution in [-0.2, 0) is 16.1 Å². The van der Waals surface area contributed by atoms with E-state index in [1.807, 2.05) is 30.3 Å². The maximum atomic E-state index is 8.67. The molecule has 3 nitrogen and oxygen atoms in total. The van der Waals surface area contributed by atoms with Crippen molar-refractivity contribution in [2.75, 3.05) is 13.4 Å². The Morgan fingerprint density at radius 3 is 2.64 bits per heavy atom. The molecule has 1 N–H and O–H groups in total. The fourth-order valence-corrected chi connectivity index (χ4v) is 0.951. The summed E-state index contributed by atoms with van der Waals surface area (Å²) in [6.07, 6.45) is -0.161. The molecule has 0 saturated heterocycles. The first-order chi connectivity index (χ1) is 6.83. The second-order valence-electron chi connectivity index (χ2n) is 3.11. The Bertz CT molecular complexity index is 236. The topological polar surface area (TPSA) is 38.7 Å². The van der Waals surface area contributed by atoms with Gasteiger partial charge in [0.25, 0.3) is 0 Å². The van der Waals surface area contributed by atoms with Crippen LogP contribution < -0.4 is 0 Å². The van der Waals surface area contributed by atoms with E-state index in [1.54, 1.807) is 6.92 Å². The molecule has 3 heteroatoms. The van der Waals surface area contributed by atoms with Crippen molar-refractivity contribution in [3.63, 3.8) is 0 Å². The minimum atomic E-state index is -0.161. The van der Waals surface area contributed by atoms with Gasteiger partial charge in [0.1, 0.15) is 6.79 Å². The minimum Gasteiger partial charge on any atom is -0.394 e. The Morgan fingerprint density at radius 1 is 1.29 bits per heavy atom. The van der Waals surface area contributed by atoms with Crippen molar-refractivity contribution < 1.29 is 14.6 Å². The lowest BCUT2D eigenvalue weighted by atomic mass is 10.2. The zero-order chi connectivity index (χ0) is 10.2. The van der Waals surface area contributed by atoms with Crippen LogP contribution in [0.3, 0.4) is 0 Å². The fourth-order valence-electron chi connectivity index (χ4n) is 0.951. The molecule has 0 spiro atoms. The van der Waals surface area contributed by atoms with Gasteiger partial charge >= 0.3 is 0 Å². The van der Waals surface area contributed by atoms with Crippen molar-refractivity contribution >= 4 is 0 Å². The molecule has 1 atom stereocenters. The summed E-state index contributed by atoms with van der Waals surface area (Å²) in [6, 6.07) is 9.89. The number of benzene rings is 1. The van der Waals surface area contributed by atoms with Gasteiger partial charge in [0.05, 0.1) is 19.3 Å². The van der Waals surface area contributed by atoms with Crippen LogP contribution in [0.15, 0.2) is 30.3 Å². The van der Waals surface area contributed by atoms with Gasteiger partial charge in [0, 0.05) is 0 Å². The average molecular weight is 196 g/mol. The normalized spacial score (nSPS) is 12.7. The molecule has 1 aromatic carbocycles. The van der Waals surface area contributed by atoms with E-state index >= 15 is 0 Å². The monoisotopic (exact) mass is 196 g/mol. The molecule has 0 bridgehead atoms. The SMILES string of the molecule is CC(CO)OCOCc1ccccc1. The van der Waals surface area contributed by atoms with Crippen molar-refractivity contribution in [3.8, 4) is 0 Å². The minimum absolute atomic E-state index is 0.0225. The van der Waals surface area contributed by atoms with Gasteiger partial charge in [-0.25, -0.2) is 0 Å². The van der Waals surface area contributed by atoms with Crippen molar-refractivity contribution in [1.29, 1.82) is 0 Å². The van der Waals surface area contributed by atoms with Gasteiger partial charge in [-0.1, -0.05) is 30.3 Å². The first-order valence-corrected chi connectivity index (χ1v) is 4.67. The number of ether oxygens (including phenoxy) is 2. The highest BCUT2D eigenvalue weighted by atomic mass is 16.7. The standard InChI is InChI=1S/C11H16O3/c1-10(7-12)14-9-13-8-11-5-3-2-4-6-11/h2-6,10,12H,7-9H2,1H3. The highest BCUT2D eigenvalue weighted by Crippen LogP contribution is 2.00. The lowest BCUT2D eigenvalue weighted by molar-refractivity contribution is -0.102. The lowest BCUT2D eigenvalue weighted by Crippen LogP contribution is -2.15. The second kappa shape index (κ2) is 6.54. The highest BCUT2D eigenvalue weighted by Gasteiger charge is 1.98. The molecule has 1 aromatic rings. The molecule has 0 amide bonds. The van der Waals surface area contributed by atoms with Gasteiger partial charge in [-0.15, -0.1) is 0 Å². The lowest BCUT2D eigenvalue weighted by Gasteiger charge is -2.10. The Hall–Kier alpha value is -0.900. The fraction of sp³-hybridized carbons (Fsp3) is 0.455. The van der Waals surface area contributed by atoms with Gasteiger partial charge in [0.15, 0.2) is 0 Å². The van der Waals surface area contributed by atoms with Crippen molar-refractivity contribution in [1.82, 2.24) is 0 Å². The Labute approximate surface area is 84.3 Å². The number of hydrogen-bond acceptors (Lipinski definition) is 3. The van der Waals surface area contributed by atoms with Gasteiger partial charge < -0.3 is 14.6 Å². The smallest absolute Gasteiger partial charge is 0.147 e. The molecule has 1 unspecified atom stereocenters. The van der Waals surface area contributed by atoms with Crippen LogP contribution in [-0.4, -0.2) is 24.6 Å². The number of aliphatic hydroxyl groups excluding tert-OH is 1. The van der Waals surface area contributed by atoms with E-state index in [-0.39, 0.29) is 19.5 Å². The number of aliphatic hydroxyl groups is 1. The summed E-state index contributed by atoms with van der Waals surface area (Å²) in [5.41, 5.74) is 1.12. The molecule has 0 radical (unpaired) electrons. The molecule has 0 aliphatic heterocycles. The third-order valence-electron chi connectivity index (χ3n) is 1.80. The van der Waals surface area contributed by atoms with Crippen LogP contribution in [0.25, 0.3) is 0 Å². The third-order valence-corrected chi connectivity index (χ3v) is 1.80. The van der Waals surface area contributed by atoms with Crippen LogP contribution in [0.4, 0.5) is 0 Å². The van der Waals surface area contributed by atoms with E-state index in [0.717, 1.165) is 5.56 Å². The average Bonchev–Trinajstić information content (AvgIpc) is 2.25. The highest BCUT2D eigenvalue weighted by molar-refractivity contribution is 5.13. The summed E-state index contributed by atoms with van der Waals surface area (Å²) in [5.74, 6) is 0. The largest absolute Gasteiger partial charge is 0.394 e. The second-order valence-corrected chi connectivity index (χ2v) is 3.11. The van der Waals surface area contributed by atoms with Gasteiger partial charge in [-0.2, -0.15) is 0 Å². The third kappa shape index (κ3) is 4.37. The van der Waals surface area contributed by atoms with Crippen molar-refractivity contribution in [2.45, 2.75) is 19.6 Å². The van der Waals surface area contributed by atoms with E-state index in [2.05, 4.69) is 0 Å². The summed E-state index contributed by atoms with van der Waals surface area (Å²) < 4.78 is 10.4. The Kier molecular flexibility index (Phi) is 5.22. The maximum absolute atomic E-state index is 8.67. The quantitative estimate of drug-likeness (QED) is 0.554. The summed E-state index contributed by atoms with van der Waals surface area (Å²) >= 11 is 0. The van der Waals surface area contributed by atoms with Gasteiger partial charge in [-0.05, 0) is 12.5 Å². The van der Waals surface area contributed by atoms with E-state index in [4.69, 9.17) is 14.6 Å². The number of rotatable bonds is 6. The van der Waals surface area contributed by atoms with Crippen LogP contribution in [0.1, 0.15) is 12.5 Å². The molecule has 0 aromatic heterocycles. The van der Waals surface area contributed by atoms with Crippen molar-refractivity contribution in [3.05, 3.63) is 35.9 Å². The molecule has 78 valence electrons. The maximum Gasteiger partial charge on any atom is 0.147 e. The molecule has 0 aliphatic carbocycles. The molecule has 0 aliphatic rings. The molecule has 0 fully saturated rings. The van der Waals surface area contributed by atoms with Gasteiger partial charge in [-0.3, -0.25) is 0 Å². The first kappa shape index (κ1) is 11.2. The zero-order valence-corrected chi connectivity index (χ0v) is 8.35. The van der Waals surface area contributed by atoms with Crippen LogP contribution in [0, 0.1) is 0 Å². The van der Waals surface area contributed by atoms with E-state index in [1.165, 1.54) is 0 Å². The van der Waals surface area contributed by atoms with Crippen LogP contribution in [0.2, 0.25) is 0 Å². The molecule has 14 heavy (non-hydrogen) atoms. The summed E-state index contributed by atoms with van der Waals surface area (Å²) in [7, 11) is 0. The van der Waals surface area contributed by atoms with E-state index in [9.17, 15) is 0 Å². The zero-order valence-electron chi connectivity index (χ0n) is 8.35. The van der Waals surface area contributed by atoms with E-state index < -0.39 is 0 Å². The first-order valence-electron chi connectivity index (χ1n) is 4.67. The van der Waals surface area contributed by atoms with Crippen molar-refractivity contribution in [2.24, 2.45) is 0 Å². The Morgan fingerprint density at radius 2 is 2.00 bits per heavy atom. The predicted octanol–water partition coefficient (Wildman–Crippen LogP) is 1.56. The number of hydrogen-bond donors (Lipinski definition) is 1. The van der Waals surface area contributed by atoms with Crippen LogP contribution >= 0.6 is 0 Å². The predicted molar refractivity (Wildman–Crippen MR) is 53.7 cm³/mol. The molecular formula is C11H16O3. The Balaban J connectivity index is 2.10. The van der Waals surface area contributed by atoms with E-state index in [0.29, 0.717) is 6.61 Å². The summed E-state index contributed by atoms with van der Waals surface area (Å²) in [5, 5.41) is 8.67. The molecule has 0 heterocycles. The molecule has 1 rings (SSSR count). The van der Waals surface area contributed by atoms with Gasteiger partial charge in [0.2, 0.25) is 0 Å². The summed E-state index contributed by atoms with van der Waals surface area (Å²) in [6.45, 7) is 2.58. The molecular weight excluding hydrogens is 180 g/mol.